The first-order chi connectivity index (χ1) is 9.51. The molecule has 0 aliphatic heterocycles. The van der Waals surface area contributed by atoms with Crippen LogP contribution in [0.25, 0.3) is 0 Å². The predicted molar refractivity (Wildman–Crippen MR) is 81.6 cm³/mol. The molecule has 0 unspecified atom stereocenters. The van der Waals surface area contributed by atoms with Gasteiger partial charge in [0.25, 0.3) is 0 Å². The summed E-state index contributed by atoms with van der Waals surface area (Å²) in [4.78, 5) is 5.66. The van der Waals surface area contributed by atoms with Crippen LogP contribution in [0.3, 0.4) is 0 Å². The van der Waals surface area contributed by atoms with Crippen molar-refractivity contribution in [2.75, 3.05) is 6.54 Å². The van der Waals surface area contributed by atoms with Gasteiger partial charge in [-0.1, -0.05) is 19.1 Å². The largest absolute Gasteiger partial charge is 0.249 e. The third kappa shape index (κ3) is 3.88. The molecule has 6 heteroatoms. The number of rotatable bonds is 6. The first-order valence-corrected chi connectivity index (χ1v) is 8.81. The Hall–Kier alpha value is -1.24. The van der Waals surface area contributed by atoms with Crippen LogP contribution in [0, 0.1) is 6.92 Å². The van der Waals surface area contributed by atoms with Gasteiger partial charge in [0.1, 0.15) is 0 Å². The lowest BCUT2D eigenvalue weighted by molar-refractivity contribution is 0.581. The minimum atomic E-state index is -3.42. The van der Waals surface area contributed by atoms with Crippen LogP contribution in [0.1, 0.15) is 22.4 Å². The quantitative estimate of drug-likeness (QED) is 0.892. The van der Waals surface area contributed by atoms with E-state index in [0.29, 0.717) is 17.9 Å². The summed E-state index contributed by atoms with van der Waals surface area (Å²) in [6.45, 7) is 4.39. The molecule has 1 aromatic carbocycles. The zero-order valence-electron chi connectivity index (χ0n) is 11.6. The lowest BCUT2D eigenvalue weighted by Gasteiger charge is -2.06. The molecule has 0 aliphatic carbocycles. The number of aromatic nitrogens is 1. The second-order valence-electron chi connectivity index (χ2n) is 4.51. The molecule has 0 spiro atoms. The number of benzene rings is 1. The van der Waals surface area contributed by atoms with Crippen molar-refractivity contribution in [1.29, 1.82) is 0 Å². The lowest BCUT2D eigenvalue weighted by atomic mass is 10.2. The zero-order valence-corrected chi connectivity index (χ0v) is 13.2. The third-order valence-electron chi connectivity index (χ3n) is 2.94. The maximum absolute atomic E-state index is 12.1. The van der Waals surface area contributed by atoms with Gasteiger partial charge in [0.15, 0.2) is 0 Å². The van der Waals surface area contributed by atoms with Crippen LogP contribution in [0.15, 0.2) is 35.4 Å². The van der Waals surface area contributed by atoms with E-state index in [0.717, 1.165) is 21.9 Å². The van der Waals surface area contributed by atoms with Gasteiger partial charge in [0.05, 0.1) is 9.90 Å². The van der Waals surface area contributed by atoms with Gasteiger partial charge in [0, 0.05) is 24.0 Å². The van der Waals surface area contributed by atoms with Crippen molar-refractivity contribution in [3.63, 3.8) is 0 Å². The van der Waals surface area contributed by atoms with Crippen LogP contribution in [0.5, 0.6) is 0 Å². The van der Waals surface area contributed by atoms with E-state index in [4.69, 9.17) is 0 Å². The van der Waals surface area contributed by atoms with Crippen LogP contribution in [-0.4, -0.2) is 19.9 Å². The topological polar surface area (TPSA) is 59.1 Å². The van der Waals surface area contributed by atoms with E-state index in [1.165, 1.54) is 0 Å². The first kappa shape index (κ1) is 15.2. The summed E-state index contributed by atoms with van der Waals surface area (Å²) in [5.74, 6) is 0. The fourth-order valence-electron chi connectivity index (χ4n) is 1.80. The Kier molecular flexibility index (Phi) is 4.91. The summed E-state index contributed by atoms with van der Waals surface area (Å²) in [7, 11) is -3.42. The van der Waals surface area contributed by atoms with E-state index in [-0.39, 0.29) is 0 Å². The molecule has 0 aliphatic rings. The minimum absolute atomic E-state index is 0.310. The van der Waals surface area contributed by atoms with Crippen LogP contribution in [0.2, 0.25) is 0 Å². The molecule has 20 heavy (non-hydrogen) atoms. The average molecular weight is 310 g/mol. The smallest absolute Gasteiger partial charge is 0.240 e. The number of hydrogen-bond donors (Lipinski definition) is 1. The molecule has 0 bridgehead atoms. The molecule has 0 saturated carbocycles. The van der Waals surface area contributed by atoms with Crippen molar-refractivity contribution in [1.82, 2.24) is 9.71 Å². The fourth-order valence-corrected chi connectivity index (χ4v) is 3.62. The normalized spacial score (nSPS) is 11.7. The molecule has 108 valence electrons. The molecule has 2 rings (SSSR count). The molecule has 0 amide bonds. The SMILES string of the molecule is CCc1ccc(S(=O)(=O)NCCc2ncc(C)s2)cc1. The van der Waals surface area contributed by atoms with Gasteiger partial charge in [-0.15, -0.1) is 11.3 Å². The highest BCUT2D eigenvalue weighted by Gasteiger charge is 2.13. The summed E-state index contributed by atoms with van der Waals surface area (Å²) in [6, 6.07) is 6.99. The fraction of sp³-hybridized carbons (Fsp3) is 0.357. The van der Waals surface area contributed by atoms with Gasteiger partial charge in [-0.3, -0.25) is 0 Å². The van der Waals surface area contributed by atoms with Gasteiger partial charge in [0.2, 0.25) is 10.0 Å². The van der Waals surface area contributed by atoms with Gasteiger partial charge in [-0.2, -0.15) is 0 Å². The standard InChI is InChI=1S/C14H18N2O2S2/c1-3-12-4-6-13(7-5-12)20(17,18)16-9-8-14-15-10-11(2)19-14/h4-7,10,16H,3,8-9H2,1-2H3. The maximum Gasteiger partial charge on any atom is 0.240 e. The molecule has 0 radical (unpaired) electrons. The average Bonchev–Trinajstić information content (AvgIpc) is 2.84. The summed E-state index contributed by atoms with van der Waals surface area (Å²) in [6.07, 6.45) is 3.32. The van der Waals surface area contributed by atoms with Crippen molar-refractivity contribution >= 4 is 21.4 Å². The van der Waals surface area contributed by atoms with E-state index in [1.54, 1.807) is 29.7 Å². The number of sulfonamides is 1. The highest BCUT2D eigenvalue weighted by Crippen LogP contribution is 2.13. The van der Waals surface area contributed by atoms with E-state index in [9.17, 15) is 8.42 Å². The highest BCUT2D eigenvalue weighted by molar-refractivity contribution is 7.89. The molecular weight excluding hydrogens is 292 g/mol. The van der Waals surface area contributed by atoms with Crippen LogP contribution < -0.4 is 4.72 Å². The molecule has 0 fully saturated rings. The molecule has 2 aromatic rings. The van der Waals surface area contributed by atoms with E-state index in [1.807, 2.05) is 26.0 Å². The summed E-state index contributed by atoms with van der Waals surface area (Å²) < 4.78 is 26.8. The van der Waals surface area contributed by atoms with Gasteiger partial charge >= 0.3 is 0 Å². The zero-order chi connectivity index (χ0) is 14.6. The van der Waals surface area contributed by atoms with Crippen molar-refractivity contribution in [3.8, 4) is 0 Å². The summed E-state index contributed by atoms with van der Waals surface area (Å²) >= 11 is 1.59. The molecule has 1 heterocycles. The van der Waals surface area contributed by atoms with Crippen molar-refractivity contribution in [3.05, 3.63) is 45.9 Å². The number of hydrogen-bond acceptors (Lipinski definition) is 4. The van der Waals surface area contributed by atoms with Gasteiger partial charge in [-0.05, 0) is 31.0 Å². The maximum atomic E-state index is 12.1. The Labute approximate surface area is 123 Å². The third-order valence-corrected chi connectivity index (χ3v) is 5.39. The molecule has 1 aromatic heterocycles. The molecule has 0 saturated heterocycles. The van der Waals surface area contributed by atoms with Gasteiger partial charge in [-0.25, -0.2) is 18.1 Å². The number of nitrogens with zero attached hydrogens (tertiary/aromatic N) is 1. The van der Waals surface area contributed by atoms with Crippen molar-refractivity contribution in [2.24, 2.45) is 0 Å². The van der Waals surface area contributed by atoms with E-state index >= 15 is 0 Å². The Morgan fingerprint density at radius 2 is 1.95 bits per heavy atom. The highest BCUT2D eigenvalue weighted by atomic mass is 32.2. The Balaban J connectivity index is 1.96. The monoisotopic (exact) mass is 310 g/mol. The van der Waals surface area contributed by atoms with Crippen molar-refractivity contribution in [2.45, 2.75) is 31.6 Å². The first-order valence-electron chi connectivity index (χ1n) is 6.51. The van der Waals surface area contributed by atoms with Crippen LogP contribution >= 0.6 is 11.3 Å². The Morgan fingerprint density at radius 3 is 2.50 bits per heavy atom. The van der Waals surface area contributed by atoms with E-state index < -0.39 is 10.0 Å². The van der Waals surface area contributed by atoms with Crippen LogP contribution in [0.4, 0.5) is 0 Å². The number of nitrogens with one attached hydrogen (secondary N) is 1. The molecule has 1 N–H and O–H groups in total. The summed E-state index contributed by atoms with van der Waals surface area (Å²) in [5.41, 5.74) is 1.13. The second kappa shape index (κ2) is 6.47. The molecule has 4 nitrogen and oxygen atoms in total. The lowest BCUT2D eigenvalue weighted by Crippen LogP contribution is -2.25. The van der Waals surface area contributed by atoms with Crippen LogP contribution in [-0.2, 0) is 22.9 Å². The van der Waals surface area contributed by atoms with Gasteiger partial charge < -0.3 is 0 Å². The molecular formula is C14H18N2O2S2. The minimum Gasteiger partial charge on any atom is -0.249 e. The number of aryl methyl sites for hydroxylation is 2. The Morgan fingerprint density at radius 1 is 1.25 bits per heavy atom. The summed E-state index contributed by atoms with van der Waals surface area (Å²) in [5, 5.41) is 0.950. The molecule has 0 atom stereocenters. The second-order valence-corrected chi connectivity index (χ2v) is 7.60. The number of thiazole rings is 1. The predicted octanol–water partition coefficient (Wildman–Crippen LogP) is 2.53. The Bertz CT molecular complexity index is 661. The van der Waals surface area contributed by atoms with E-state index in [2.05, 4.69) is 9.71 Å². The van der Waals surface area contributed by atoms with Crippen molar-refractivity contribution < 1.29 is 8.42 Å².